The van der Waals surface area contributed by atoms with E-state index in [4.69, 9.17) is 4.74 Å². The molecule has 16 heavy (non-hydrogen) atoms. The second-order valence-electron chi connectivity index (χ2n) is 4.50. The Labute approximate surface area is 97.2 Å². The van der Waals surface area contributed by atoms with Gasteiger partial charge in [-0.2, -0.15) is 0 Å². The number of hydrogen-bond acceptors (Lipinski definition) is 3. The summed E-state index contributed by atoms with van der Waals surface area (Å²) in [5, 5.41) is 0. The van der Waals surface area contributed by atoms with Crippen LogP contribution in [0.4, 0.5) is 0 Å². The lowest BCUT2D eigenvalue weighted by Crippen LogP contribution is -2.25. The molecular weight excluding hydrogens is 204 g/mol. The van der Waals surface area contributed by atoms with E-state index in [-0.39, 0.29) is 12.2 Å². The van der Waals surface area contributed by atoms with Gasteiger partial charge in [-0.05, 0) is 27.2 Å². The fourth-order valence-electron chi connectivity index (χ4n) is 1.06. The van der Waals surface area contributed by atoms with Gasteiger partial charge < -0.3 is 4.74 Å². The first-order valence-electron chi connectivity index (χ1n) is 5.36. The van der Waals surface area contributed by atoms with Crippen molar-refractivity contribution in [2.45, 2.75) is 45.6 Å². The van der Waals surface area contributed by atoms with Crippen molar-refractivity contribution in [2.75, 3.05) is 0 Å². The Bertz CT molecular complexity index is 282. The highest BCUT2D eigenvalue weighted by molar-refractivity contribution is 5.95. The van der Waals surface area contributed by atoms with Crippen LogP contribution in [0.1, 0.15) is 40.0 Å². The lowest BCUT2D eigenvalue weighted by atomic mass is 10.1. The van der Waals surface area contributed by atoms with Gasteiger partial charge in [-0.25, -0.2) is 0 Å². The molecule has 0 rings (SSSR count). The standard InChI is InChI=1S/C13H20O3/c1-5-6-7-8-9-11(14)10-12(15)16-13(2,3)4/h5-7H,1,8-10H2,2-4H3. The van der Waals surface area contributed by atoms with Gasteiger partial charge >= 0.3 is 5.97 Å². The molecule has 0 amide bonds. The van der Waals surface area contributed by atoms with Gasteiger partial charge in [-0.15, -0.1) is 0 Å². The second kappa shape index (κ2) is 6.99. The molecule has 0 bridgehead atoms. The molecule has 0 aromatic heterocycles. The lowest BCUT2D eigenvalue weighted by molar-refractivity contribution is -0.156. The molecule has 0 heterocycles. The van der Waals surface area contributed by atoms with Crippen LogP contribution in [0.25, 0.3) is 0 Å². The number of rotatable bonds is 6. The van der Waals surface area contributed by atoms with Gasteiger partial charge in [-0.1, -0.05) is 24.8 Å². The quantitative estimate of drug-likeness (QED) is 0.396. The van der Waals surface area contributed by atoms with Crippen molar-refractivity contribution in [3.05, 3.63) is 24.8 Å². The van der Waals surface area contributed by atoms with Crippen molar-refractivity contribution in [1.82, 2.24) is 0 Å². The monoisotopic (exact) mass is 224 g/mol. The Hall–Kier alpha value is -1.38. The molecule has 3 heteroatoms. The summed E-state index contributed by atoms with van der Waals surface area (Å²) >= 11 is 0. The van der Waals surface area contributed by atoms with Crippen LogP contribution >= 0.6 is 0 Å². The molecule has 0 aromatic rings. The Morgan fingerprint density at radius 2 is 1.94 bits per heavy atom. The first-order valence-corrected chi connectivity index (χ1v) is 5.36. The summed E-state index contributed by atoms with van der Waals surface area (Å²) in [5.74, 6) is -0.548. The Morgan fingerprint density at radius 3 is 2.44 bits per heavy atom. The molecule has 0 atom stereocenters. The average Bonchev–Trinajstić information content (AvgIpc) is 2.09. The first-order chi connectivity index (χ1) is 7.35. The van der Waals surface area contributed by atoms with Crippen LogP contribution in [0, 0.1) is 0 Å². The van der Waals surface area contributed by atoms with E-state index in [1.807, 2.05) is 6.08 Å². The van der Waals surface area contributed by atoms with Crippen LogP contribution in [-0.2, 0) is 14.3 Å². The van der Waals surface area contributed by atoms with Gasteiger partial charge in [0.1, 0.15) is 17.8 Å². The third-order valence-electron chi connectivity index (χ3n) is 1.62. The van der Waals surface area contributed by atoms with Crippen molar-refractivity contribution in [3.8, 4) is 0 Å². The number of ether oxygens (including phenoxy) is 1. The highest BCUT2D eigenvalue weighted by Gasteiger charge is 2.18. The van der Waals surface area contributed by atoms with Gasteiger partial charge in [0.15, 0.2) is 0 Å². The zero-order valence-corrected chi connectivity index (χ0v) is 10.3. The van der Waals surface area contributed by atoms with Gasteiger partial charge in [0.25, 0.3) is 0 Å². The van der Waals surface area contributed by atoms with E-state index in [2.05, 4.69) is 6.58 Å². The number of esters is 1. The fourth-order valence-corrected chi connectivity index (χ4v) is 1.06. The third-order valence-corrected chi connectivity index (χ3v) is 1.62. The van der Waals surface area contributed by atoms with Crippen LogP contribution in [0.15, 0.2) is 24.8 Å². The maximum absolute atomic E-state index is 11.3. The van der Waals surface area contributed by atoms with Gasteiger partial charge in [0.2, 0.25) is 0 Å². The van der Waals surface area contributed by atoms with E-state index in [1.54, 1.807) is 32.9 Å². The van der Waals surface area contributed by atoms with Crippen LogP contribution in [-0.4, -0.2) is 17.4 Å². The molecule has 0 spiro atoms. The Kier molecular flexibility index (Phi) is 6.38. The number of ketones is 1. The Balaban J connectivity index is 3.83. The summed E-state index contributed by atoms with van der Waals surface area (Å²) < 4.78 is 5.04. The molecule has 0 radical (unpaired) electrons. The molecule has 90 valence electrons. The molecular formula is C13H20O3. The Morgan fingerprint density at radius 1 is 1.31 bits per heavy atom. The van der Waals surface area contributed by atoms with E-state index in [0.29, 0.717) is 12.8 Å². The summed E-state index contributed by atoms with van der Waals surface area (Å²) in [5.41, 5.74) is -0.528. The number of Topliss-reactive ketones (excluding diaryl/α,β-unsaturated/α-hetero) is 1. The molecule has 0 fully saturated rings. The minimum atomic E-state index is -0.528. The molecule has 0 aliphatic rings. The van der Waals surface area contributed by atoms with Gasteiger partial charge in [0.05, 0.1) is 0 Å². The molecule has 0 aliphatic heterocycles. The maximum atomic E-state index is 11.3. The normalized spacial score (nSPS) is 11.4. The second-order valence-corrected chi connectivity index (χ2v) is 4.50. The molecule has 0 saturated carbocycles. The summed E-state index contributed by atoms with van der Waals surface area (Å²) in [4.78, 5) is 22.6. The van der Waals surface area contributed by atoms with Crippen molar-refractivity contribution in [3.63, 3.8) is 0 Å². The molecule has 3 nitrogen and oxygen atoms in total. The predicted octanol–water partition coefficient (Wildman–Crippen LogP) is 2.81. The lowest BCUT2D eigenvalue weighted by Gasteiger charge is -2.19. The molecule has 0 unspecified atom stereocenters. The number of carbonyl (C=O) groups excluding carboxylic acids is 2. The highest BCUT2D eigenvalue weighted by Crippen LogP contribution is 2.09. The summed E-state index contributed by atoms with van der Waals surface area (Å²) in [6.07, 6.45) is 6.13. The summed E-state index contributed by atoms with van der Waals surface area (Å²) in [6, 6.07) is 0. The number of carbonyl (C=O) groups is 2. The first kappa shape index (κ1) is 14.6. The van der Waals surface area contributed by atoms with Crippen molar-refractivity contribution < 1.29 is 14.3 Å². The van der Waals surface area contributed by atoms with Crippen LogP contribution in [0.5, 0.6) is 0 Å². The van der Waals surface area contributed by atoms with E-state index < -0.39 is 11.6 Å². The van der Waals surface area contributed by atoms with Crippen LogP contribution in [0.2, 0.25) is 0 Å². The van der Waals surface area contributed by atoms with E-state index in [9.17, 15) is 9.59 Å². The average molecular weight is 224 g/mol. The molecule has 0 N–H and O–H groups in total. The summed E-state index contributed by atoms with van der Waals surface area (Å²) in [7, 11) is 0. The predicted molar refractivity (Wildman–Crippen MR) is 64.0 cm³/mol. The van der Waals surface area contributed by atoms with Crippen molar-refractivity contribution >= 4 is 11.8 Å². The molecule has 0 aliphatic carbocycles. The summed E-state index contributed by atoms with van der Waals surface area (Å²) in [6.45, 7) is 8.86. The molecule has 0 saturated heterocycles. The maximum Gasteiger partial charge on any atom is 0.313 e. The minimum Gasteiger partial charge on any atom is -0.460 e. The van der Waals surface area contributed by atoms with Gasteiger partial charge in [0, 0.05) is 6.42 Å². The van der Waals surface area contributed by atoms with E-state index in [0.717, 1.165) is 0 Å². The zero-order chi connectivity index (χ0) is 12.6. The van der Waals surface area contributed by atoms with Gasteiger partial charge in [-0.3, -0.25) is 9.59 Å². The topological polar surface area (TPSA) is 43.4 Å². The third kappa shape index (κ3) is 9.19. The number of allylic oxidation sites excluding steroid dienone is 3. The molecule has 0 aromatic carbocycles. The van der Waals surface area contributed by atoms with Crippen molar-refractivity contribution in [2.24, 2.45) is 0 Å². The largest absolute Gasteiger partial charge is 0.460 e. The number of hydrogen-bond donors (Lipinski definition) is 0. The zero-order valence-electron chi connectivity index (χ0n) is 10.3. The fraction of sp³-hybridized carbons (Fsp3) is 0.538. The van der Waals surface area contributed by atoms with Crippen LogP contribution in [0.3, 0.4) is 0 Å². The SMILES string of the molecule is C=CC=CCCC(=O)CC(=O)OC(C)(C)C. The smallest absolute Gasteiger partial charge is 0.313 e. The van der Waals surface area contributed by atoms with E-state index in [1.165, 1.54) is 0 Å². The van der Waals surface area contributed by atoms with Crippen LogP contribution < -0.4 is 0 Å². The highest BCUT2D eigenvalue weighted by atomic mass is 16.6. The van der Waals surface area contributed by atoms with E-state index >= 15 is 0 Å². The minimum absolute atomic E-state index is 0.0945. The van der Waals surface area contributed by atoms with Crippen molar-refractivity contribution in [1.29, 1.82) is 0 Å².